The van der Waals surface area contributed by atoms with Gasteiger partial charge in [-0.3, -0.25) is 0 Å². The summed E-state index contributed by atoms with van der Waals surface area (Å²) in [6.45, 7) is 1.19. The zero-order valence-electron chi connectivity index (χ0n) is 11.4. The Balaban J connectivity index is 2.56. The van der Waals surface area contributed by atoms with Gasteiger partial charge in [0.1, 0.15) is 0 Å². The van der Waals surface area contributed by atoms with Crippen molar-refractivity contribution in [1.29, 1.82) is 0 Å². The molecule has 1 aromatic rings. The fourth-order valence-corrected chi connectivity index (χ4v) is 2.79. The average Bonchev–Trinajstić information content (AvgIpc) is 2.46. The number of piperidine rings is 1. The van der Waals surface area contributed by atoms with E-state index in [1.54, 1.807) is 20.3 Å². The Bertz CT molecular complexity index is 467. The summed E-state index contributed by atoms with van der Waals surface area (Å²) in [7, 11) is 3.10. The molecule has 0 aromatic heterocycles. The smallest absolute Gasteiger partial charge is 0.493 e. The summed E-state index contributed by atoms with van der Waals surface area (Å²) in [6.07, 6.45) is 2.07. The van der Waals surface area contributed by atoms with Gasteiger partial charge >= 0.3 is 6.09 Å². The minimum Gasteiger partial charge on any atom is -0.493 e. The summed E-state index contributed by atoms with van der Waals surface area (Å²) in [6, 6.07) is 5.42. The number of carboxylic acid groups (broad SMARTS) is 1. The first-order valence-corrected chi connectivity index (χ1v) is 6.48. The Kier molecular flexibility index (Phi) is 3.95. The summed E-state index contributed by atoms with van der Waals surface area (Å²) in [5.74, 6) is 1.10. The number of rotatable bonds is 3. The van der Waals surface area contributed by atoms with Crippen molar-refractivity contribution in [2.24, 2.45) is 0 Å². The van der Waals surface area contributed by atoms with Gasteiger partial charge in [0.05, 0.1) is 27.3 Å². The largest absolute Gasteiger partial charge is 0.518 e. The zero-order valence-corrected chi connectivity index (χ0v) is 11.4. The molecule has 0 atom stereocenters. The minimum absolute atomic E-state index is 0.0691. The highest BCUT2D eigenvalue weighted by atomic mass is 16.5. The molecular weight excluding hydrogens is 246 g/mol. The van der Waals surface area contributed by atoms with Crippen LogP contribution in [0.2, 0.25) is 0 Å². The molecule has 5 heteroatoms. The number of nitrogens with zero attached hydrogens (tertiary/aromatic N) is 1. The molecule has 0 saturated carbocycles. The Hall–Kier alpha value is -1.75. The van der Waals surface area contributed by atoms with Crippen LogP contribution in [-0.2, 0) is 0 Å². The van der Waals surface area contributed by atoms with Gasteiger partial charge in [-0.05, 0) is 25.3 Å². The molecule has 0 bridgehead atoms. The number of benzene rings is 1. The van der Waals surface area contributed by atoms with E-state index in [4.69, 9.17) is 9.47 Å². The normalized spacial score (nSPS) is 17.8. The van der Waals surface area contributed by atoms with E-state index in [1.807, 2.05) is 12.1 Å². The van der Waals surface area contributed by atoms with Gasteiger partial charge in [-0.2, -0.15) is 9.28 Å². The maximum absolute atomic E-state index is 11.8. The molecule has 1 aliphatic rings. The molecule has 1 N–H and O–H groups in total. The van der Waals surface area contributed by atoms with E-state index >= 15 is 0 Å². The van der Waals surface area contributed by atoms with Crippen LogP contribution in [-0.4, -0.2) is 38.5 Å². The molecule has 0 unspecified atom stereocenters. The van der Waals surface area contributed by atoms with Crippen LogP contribution >= 0.6 is 0 Å². The van der Waals surface area contributed by atoms with E-state index in [1.165, 1.54) is 0 Å². The third-order valence-electron chi connectivity index (χ3n) is 3.79. The highest BCUT2D eigenvalue weighted by molar-refractivity contribution is 5.84. The van der Waals surface area contributed by atoms with Gasteiger partial charge in [-0.15, -0.1) is 0 Å². The van der Waals surface area contributed by atoms with Gasteiger partial charge in [0.25, 0.3) is 0 Å². The molecule has 0 radical (unpaired) electrons. The van der Waals surface area contributed by atoms with Crippen LogP contribution in [0, 0.1) is 0 Å². The second-order valence-corrected chi connectivity index (χ2v) is 4.77. The maximum Gasteiger partial charge on any atom is 0.518 e. The van der Waals surface area contributed by atoms with E-state index in [0.29, 0.717) is 30.3 Å². The van der Waals surface area contributed by atoms with Crippen molar-refractivity contribution >= 4 is 11.8 Å². The van der Waals surface area contributed by atoms with Crippen LogP contribution in [0.25, 0.3) is 0 Å². The number of amides is 1. The number of hydrogen-bond donors (Lipinski definition) is 1. The molecular formula is C14H20NO4+. The fraction of sp³-hybridized carbons (Fsp3) is 0.500. The van der Waals surface area contributed by atoms with Crippen LogP contribution in [0.1, 0.15) is 19.3 Å². The van der Waals surface area contributed by atoms with E-state index in [9.17, 15) is 9.90 Å². The summed E-state index contributed by atoms with van der Waals surface area (Å²) in [5, 5.41) is 9.70. The lowest BCUT2D eigenvalue weighted by Gasteiger charge is -2.36. The number of methoxy groups -OCH3 is 2. The maximum atomic E-state index is 11.8. The monoisotopic (exact) mass is 266 g/mol. The molecule has 0 aliphatic carbocycles. The first kappa shape index (κ1) is 13.7. The molecule has 0 spiro atoms. The predicted octanol–water partition coefficient (Wildman–Crippen LogP) is 2.87. The molecule has 104 valence electrons. The van der Waals surface area contributed by atoms with Gasteiger partial charge < -0.3 is 14.6 Å². The number of quaternary nitrogens is 1. The first-order chi connectivity index (χ1) is 9.15. The lowest BCUT2D eigenvalue weighted by Crippen LogP contribution is -2.56. The highest BCUT2D eigenvalue weighted by Gasteiger charge is 2.43. The number of carbonyl (C=O) groups is 1. The van der Waals surface area contributed by atoms with Gasteiger partial charge in [0.15, 0.2) is 11.4 Å². The van der Waals surface area contributed by atoms with E-state index < -0.39 is 6.09 Å². The van der Waals surface area contributed by atoms with E-state index in [0.717, 1.165) is 19.3 Å². The van der Waals surface area contributed by atoms with Crippen LogP contribution < -0.4 is 14.0 Å². The van der Waals surface area contributed by atoms with Crippen molar-refractivity contribution in [3.05, 3.63) is 18.2 Å². The third-order valence-corrected chi connectivity index (χ3v) is 3.79. The second kappa shape index (κ2) is 5.48. The molecule has 5 nitrogen and oxygen atoms in total. The highest BCUT2D eigenvalue weighted by Crippen LogP contribution is 2.42. The van der Waals surface area contributed by atoms with Gasteiger partial charge in [0.2, 0.25) is 5.75 Å². The number of ether oxygens (including phenoxy) is 2. The quantitative estimate of drug-likeness (QED) is 0.855. The van der Waals surface area contributed by atoms with Crippen LogP contribution in [0.15, 0.2) is 18.2 Å². The van der Waals surface area contributed by atoms with Crippen molar-refractivity contribution in [2.45, 2.75) is 19.3 Å². The summed E-state index contributed by atoms with van der Waals surface area (Å²) < 4.78 is 10.6. The van der Waals surface area contributed by atoms with Crippen molar-refractivity contribution in [1.82, 2.24) is 4.48 Å². The van der Waals surface area contributed by atoms with Crippen LogP contribution in [0.3, 0.4) is 0 Å². The Morgan fingerprint density at radius 2 is 1.84 bits per heavy atom. The van der Waals surface area contributed by atoms with Gasteiger partial charge in [-0.1, -0.05) is 6.07 Å². The number of para-hydroxylation sites is 1. The molecule has 1 amide bonds. The van der Waals surface area contributed by atoms with Gasteiger partial charge in [0, 0.05) is 6.07 Å². The second-order valence-electron chi connectivity index (χ2n) is 4.77. The fourth-order valence-electron chi connectivity index (χ4n) is 2.79. The van der Waals surface area contributed by atoms with Crippen LogP contribution in [0.5, 0.6) is 11.5 Å². The number of likely N-dealkylation sites (tertiary alicyclic amines) is 1. The van der Waals surface area contributed by atoms with Crippen molar-refractivity contribution in [3.8, 4) is 11.5 Å². The first-order valence-electron chi connectivity index (χ1n) is 6.48. The molecule has 19 heavy (non-hydrogen) atoms. The minimum atomic E-state index is -0.828. The molecule has 1 aliphatic heterocycles. The molecule has 1 aromatic carbocycles. The SMILES string of the molecule is COc1cccc([N+]2(C(=O)O)CCCCC2)c1OC. The lowest BCUT2D eigenvalue weighted by atomic mass is 10.1. The number of hydrogen-bond acceptors (Lipinski definition) is 3. The van der Waals surface area contributed by atoms with E-state index in [2.05, 4.69) is 0 Å². The standard InChI is InChI=1S/C14H19NO4/c1-18-12-8-6-7-11(13(12)19-2)15(14(16)17)9-4-3-5-10-15/h6-8H,3-5,9-10H2,1-2H3/p+1. The van der Waals surface area contributed by atoms with Crippen molar-refractivity contribution in [2.75, 3.05) is 27.3 Å². The summed E-state index contributed by atoms with van der Waals surface area (Å²) in [4.78, 5) is 11.8. The molecule has 1 fully saturated rings. The Morgan fingerprint density at radius 1 is 1.16 bits per heavy atom. The van der Waals surface area contributed by atoms with Crippen molar-refractivity contribution in [3.63, 3.8) is 0 Å². The van der Waals surface area contributed by atoms with Crippen molar-refractivity contribution < 1.29 is 19.4 Å². The summed E-state index contributed by atoms with van der Waals surface area (Å²) in [5.41, 5.74) is 0.675. The Morgan fingerprint density at radius 3 is 2.37 bits per heavy atom. The molecule has 1 saturated heterocycles. The van der Waals surface area contributed by atoms with E-state index in [-0.39, 0.29) is 4.48 Å². The lowest BCUT2D eigenvalue weighted by molar-refractivity contribution is 0.135. The topological polar surface area (TPSA) is 55.8 Å². The molecule has 1 heterocycles. The third kappa shape index (κ3) is 2.26. The summed E-state index contributed by atoms with van der Waals surface area (Å²) >= 11 is 0. The Labute approximate surface area is 112 Å². The van der Waals surface area contributed by atoms with Crippen LogP contribution in [0.4, 0.5) is 10.5 Å². The molecule has 2 rings (SSSR count). The van der Waals surface area contributed by atoms with Gasteiger partial charge in [-0.25, -0.2) is 0 Å². The average molecular weight is 266 g/mol. The predicted molar refractivity (Wildman–Crippen MR) is 72.9 cm³/mol. The zero-order chi connectivity index (χ0) is 13.9.